The third-order valence-corrected chi connectivity index (χ3v) is 2.45. The lowest BCUT2D eigenvalue weighted by atomic mass is 10.0. The zero-order valence-corrected chi connectivity index (χ0v) is 7.91. The van der Waals surface area contributed by atoms with Gasteiger partial charge in [-0.1, -0.05) is 6.07 Å². The van der Waals surface area contributed by atoms with Gasteiger partial charge in [-0.15, -0.1) is 0 Å². The first-order valence-corrected chi connectivity index (χ1v) is 4.45. The van der Waals surface area contributed by atoms with Gasteiger partial charge in [-0.3, -0.25) is 4.79 Å². The number of amides is 1. The second-order valence-electron chi connectivity index (χ2n) is 3.23. The molecule has 1 atom stereocenters. The normalized spacial score (nSPS) is 19.0. The summed E-state index contributed by atoms with van der Waals surface area (Å²) in [5.41, 5.74) is 7.28. The first-order valence-electron chi connectivity index (χ1n) is 4.45. The average molecular weight is 192 g/mol. The molecule has 4 nitrogen and oxygen atoms in total. The molecule has 1 aromatic carbocycles. The SMILES string of the molecule is COc1ccc2c(c1)NC(=O)C2CN. The van der Waals surface area contributed by atoms with Gasteiger partial charge in [0.1, 0.15) is 5.75 Å². The van der Waals surface area contributed by atoms with Crippen LogP contribution in [-0.2, 0) is 4.79 Å². The smallest absolute Gasteiger partial charge is 0.233 e. The number of hydrogen-bond donors (Lipinski definition) is 2. The molecule has 0 saturated heterocycles. The molecule has 0 radical (unpaired) electrons. The molecule has 0 aromatic heterocycles. The van der Waals surface area contributed by atoms with Crippen molar-refractivity contribution in [3.63, 3.8) is 0 Å². The molecule has 1 amide bonds. The zero-order chi connectivity index (χ0) is 10.1. The Balaban J connectivity index is 2.42. The topological polar surface area (TPSA) is 64.3 Å². The van der Waals surface area contributed by atoms with Gasteiger partial charge in [0.25, 0.3) is 0 Å². The van der Waals surface area contributed by atoms with E-state index in [9.17, 15) is 4.79 Å². The average Bonchev–Trinajstić information content (AvgIpc) is 2.51. The van der Waals surface area contributed by atoms with E-state index >= 15 is 0 Å². The second-order valence-corrected chi connectivity index (χ2v) is 3.23. The van der Waals surface area contributed by atoms with E-state index in [0.29, 0.717) is 6.54 Å². The quantitative estimate of drug-likeness (QED) is 0.724. The molecule has 1 heterocycles. The molecule has 0 aliphatic carbocycles. The van der Waals surface area contributed by atoms with Crippen molar-refractivity contribution in [2.75, 3.05) is 19.0 Å². The van der Waals surface area contributed by atoms with Crippen LogP contribution < -0.4 is 15.8 Å². The Kier molecular flexibility index (Phi) is 2.13. The number of rotatable bonds is 2. The number of benzene rings is 1. The molecule has 74 valence electrons. The van der Waals surface area contributed by atoms with Crippen LogP contribution >= 0.6 is 0 Å². The molecule has 1 aliphatic rings. The molecule has 1 unspecified atom stereocenters. The van der Waals surface area contributed by atoms with Crippen molar-refractivity contribution in [2.24, 2.45) is 5.73 Å². The Hall–Kier alpha value is -1.55. The number of fused-ring (bicyclic) bond motifs is 1. The van der Waals surface area contributed by atoms with Crippen LogP contribution in [0.4, 0.5) is 5.69 Å². The van der Waals surface area contributed by atoms with Crippen molar-refractivity contribution < 1.29 is 9.53 Å². The third-order valence-electron chi connectivity index (χ3n) is 2.45. The molecular weight excluding hydrogens is 180 g/mol. The predicted molar refractivity (Wildman–Crippen MR) is 53.4 cm³/mol. The summed E-state index contributed by atoms with van der Waals surface area (Å²) in [6.07, 6.45) is 0. The van der Waals surface area contributed by atoms with E-state index in [1.54, 1.807) is 7.11 Å². The van der Waals surface area contributed by atoms with E-state index in [1.807, 2.05) is 18.2 Å². The number of carbonyl (C=O) groups excluding carboxylic acids is 1. The van der Waals surface area contributed by atoms with Gasteiger partial charge in [0.2, 0.25) is 5.91 Å². The standard InChI is InChI=1S/C10H12N2O2/c1-14-6-2-3-7-8(5-11)10(13)12-9(7)4-6/h2-4,8H,5,11H2,1H3,(H,12,13). The summed E-state index contributed by atoms with van der Waals surface area (Å²) >= 11 is 0. The fourth-order valence-electron chi connectivity index (χ4n) is 1.67. The highest BCUT2D eigenvalue weighted by Gasteiger charge is 2.29. The summed E-state index contributed by atoms with van der Waals surface area (Å²) in [7, 11) is 1.60. The highest BCUT2D eigenvalue weighted by Crippen LogP contribution is 2.34. The van der Waals surface area contributed by atoms with E-state index in [4.69, 9.17) is 10.5 Å². The highest BCUT2D eigenvalue weighted by molar-refractivity contribution is 6.03. The Bertz CT molecular complexity index is 376. The molecule has 14 heavy (non-hydrogen) atoms. The monoisotopic (exact) mass is 192 g/mol. The number of hydrogen-bond acceptors (Lipinski definition) is 3. The van der Waals surface area contributed by atoms with Crippen molar-refractivity contribution in [2.45, 2.75) is 5.92 Å². The van der Waals surface area contributed by atoms with E-state index in [0.717, 1.165) is 17.0 Å². The van der Waals surface area contributed by atoms with Crippen LogP contribution in [0.1, 0.15) is 11.5 Å². The largest absolute Gasteiger partial charge is 0.497 e. The molecule has 4 heteroatoms. The third kappa shape index (κ3) is 1.24. The summed E-state index contributed by atoms with van der Waals surface area (Å²) in [5, 5.41) is 2.77. The number of anilines is 1. The van der Waals surface area contributed by atoms with Gasteiger partial charge in [-0.05, 0) is 11.6 Å². The molecule has 1 aliphatic heterocycles. The Morgan fingerprint density at radius 1 is 1.57 bits per heavy atom. The van der Waals surface area contributed by atoms with Crippen LogP contribution in [0.5, 0.6) is 5.75 Å². The maximum Gasteiger partial charge on any atom is 0.233 e. The maximum absolute atomic E-state index is 11.4. The summed E-state index contributed by atoms with van der Waals surface area (Å²) in [6, 6.07) is 5.52. The van der Waals surface area contributed by atoms with E-state index < -0.39 is 0 Å². The molecule has 0 fully saturated rings. The van der Waals surface area contributed by atoms with Crippen LogP contribution in [0.2, 0.25) is 0 Å². The summed E-state index contributed by atoms with van der Waals surface area (Å²) in [4.78, 5) is 11.4. The summed E-state index contributed by atoms with van der Waals surface area (Å²) in [5.74, 6) is 0.494. The number of methoxy groups -OCH3 is 1. The van der Waals surface area contributed by atoms with Gasteiger partial charge in [-0.25, -0.2) is 0 Å². The van der Waals surface area contributed by atoms with Crippen molar-refractivity contribution in [3.05, 3.63) is 23.8 Å². The van der Waals surface area contributed by atoms with E-state index in [-0.39, 0.29) is 11.8 Å². The fourth-order valence-corrected chi connectivity index (χ4v) is 1.67. The van der Waals surface area contributed by atoms with Crippen LogP contribution in [0.25, 0.3) is 0 Å². The first-order chi connectivity index (χ1) is 6.76. The van der Waals surface area contributed by atoms with Gasteiger partial charge in [0.05, 0.1) is 13.0 Å². The first kappa shape index (κ1) is 9.02. The molecule has 3 N–H and O–H groups in total. The van der Waals surface area contributed by atoms with Crippen LogP contribution in [0, 0.1) is 0 Å². The second kappa shape index (κ2) is 3.31. The summed E-state index contributed by atoms with van der Waals surface area (Å²) in [6.45, 7) is 0.338. The Morgan fingerprint density at radius 2 is 2.36 bits per heavy atom. The van der Waals surface area contributed by atoms with Crippen LogP contribution in [-0.4, -0.2) is 19.6 Å². The number of nitrogens with two attached hydrogens (primary N) is 1. The summed E-state index contributed by atoms with van der Waals surface area (Å²) < 4.78 is 5.06. The van der Waals surface area contributed by atoms with Gasteiger partial charge in [0.15, 0.2) is 0 Å². The van der Waals surface area contributed by atoms with Gasteiger partial charge in [-0.2, -0.15) is 0 Å². The Morgan fingerprint density at radius 3 is 3.00 bits per heavy atom. The molecule has 1 aromatic rings. The number of carbonyl (C=O) groups is 1. The maximum atomic E-state index is 11.4. The predicted octanol–water partition coefficient (Wildman–Crippen LogP) is 0.690. The van der Waals surface area contributed by atoms with E-state index in [1.165, 1.54) is 0 Å². The molecule has 0 bridgehead atoms. The lowest BCUT2D eigenvalue weighted by Crippen LogP contribution is -2.20. The molecular formula is C10H12N2O2. The van der Waals surface area contributed by atoms with Crippen molar-refractivity contribution >= 4 is 11.6 Å². The minimum absolute atomic E-state index is 0.0317. The van der Waals surface area contributed by atoms with Crippen molar-refractivity contribution in [1.29, 1.82) is 0 Å². The lowest BCUT2D eigenvalue weighted by molar-refractivity contribution is -0.116. The van der Waals surface area contributed by atoms with Crippen molar-refractivity contribution in [3.8, 4) is 5.75 Å². The van der Waals surface area contributed by atoms with Crippen LogP contribution in [0.15, 0.2) is 18.2 Å². The van der Waals surface area contributed by atoms with Gasteiger partial charge >= 0.3 is 0 Å². The zero-order valence-electron chi connectivity index (χ0n) is 7.91. The molecule has 0 saturated carbocycles. The minimum atomic E-state index is -0.212. The molecule has 2 rings (SSSR count). The van der Waals surface area contributed by atoms with Crippen molar-refractivity contribution in [1.82, 2.24) is 0 Å². The lowest BCUT2D eigenvalue weighted by Gasteiger charge is -2.05. The molecule has 0 spiro atoms. The van der Waals surface area contributed by atoms with E-state index in [2.05, 4.69) is 5.32 Å². The van der Waals surface area contributed by atoms with Crippen LogP contribution in [0.3, 0.4) is 0 Å². The Labute approximate surface area is 82.1 Å². The number of nitrogens with one attached hydrogen (secondary N) is 1. The fraction of sp³-hybridized carbons (Fsp3) is 0.300. The van der Waals surface area contributed by atoms with Gasteiger partial charge < -0.3 is 15.8 Å². The highest BCUT2D eigenvalue weighted by atomic mass is 16.5. The van der Waals surface area contributed by atoms with Gasteiger partial charge in [0, 0.05) is 18.3 Å². The number of ether oxygens (including phenoxy) is 1. The minimum Gasteiger partial charge on any atom is -0.497 e.